The quantitative estimate of drug-likeness (QED) is 0.0200. The van der Waals surface area contributed by atoms with Crippen molar-refractivity contribution in [1.82, 2.24) is 0 Å². The Bertz CT molecular complexity index is 1260. The maximum Gasteiger partial charge on any atom is 0.306 e. The van der Waals surface area contributed by atoms with Crippen LogP contribution >= 0.6 is 0 Å². The summed E-state index contributed by atoms with van der Waals surface area (Å²) in [5.74, 6) is -0.956. The summed E-state index contributed by atoms with van der Waals surface area (Å²) in [7, 11) is 0. The van der Waals surface area contributed by atoms with Gasteiger partial charge in [-0.15, -0.1) is 0 Å². The van der Waals surface area contributed by atoms with Crippen molar-refractivity contribution in [2.45, 2.75) is 226 Å². The fourth-order valence-electron chi connectivity index (χ4n) is 6.68. The van der Waals surface area contributed by atoms with Crippen LogP contribution in [0.4, 0.5) is 0 Å². The van der Waals surface area contributed by atoms with Crippen LogP contribution in [0.3, 0.4) is 0 Å². The second kappa shape index (κ2) is 50.0. The molecule has 0 saturated heterocycles. The van der Waals surface area contributed by atoms with E-state index < -0.39 is 6.10 Å². The summed E-state index contributed by atoms with van der Waals surface area (Å²) < 4.78 is 16.7. The maximum atomic E-state index is 12.8. The van der Waals surface area contributed by atoms with Gasteiger partial charge in [0.2, 0.25) is 0 Å². The number of rotatable bonds is 44. The average molecular weight is 861 g/mol. The highest BCUT2D eigenvalue weighted by Gasteiger charge is 2.19. The lowest BCUT2D eigenvalue weighted by molar-refractivity contribution is -0.167. The molecule has 0 amide bonds. The molecule has 0 aliphatic heterocycles. The molecule has 62 heavy (non-hydrogen) atoms. The van der Waals surface area contributed by atoms with Gasteiger partial charge in [0.1, 0.15) is 13.2 Å². The second-order valence-corrected chi connectivity index (χ2v) is 16.5. The minimum absolute atomic E-state index is 0.0996. The summed E-state index contributed by atoms with van der Waals surface area (Å²) in [6.07, 6.45) is 65.3. The van der Waals surface area contributed by atoms with Gasteiger partial charge in [0, 0.05) is 19.3 Å². The van der Waals surface area contributed by atoms with Crippen LogP contribution in [0, 0.1) is 0 Å². The molecule has 0 aromatic carbocycles. The number of hydrogen-bond donors (Lipinski definition) is 0. The van der Waals surface area contributed by atoms with Gasteiger partial charge in [-0.2, -0.15) is 0 Å². The van der Waals surface area contributed by atoms with Crippen LogP contribution in [0.1, 0.15) is 220 Å². The molecule has 352 valence electrons. The first-order valence-electron chi connectivity index (χ1n) is 25.3. The van der Waals surface area contributed by atoms with Crippen molar-refractivity contribution in [3.63, 3.8) is 0 Å². The van der Waals surface area contributed by atoms with Crippen molar-refractivity contribution in [1.29, 1.82) is 0 Å². The van der Waals surface area contributed by atoms with Crippen LogP contribution in [0.2, 0.25) is 0 Å². The minimum atomic E-state index is -0.802. The van der Waals surface area contributed by atoms with Crippen LogP contribution in [0.15, 0.2) is 97.2 Å². The van der Waals surface area contributed by atoms with Crippen LogP contribution in [-0.2, 0) is 28.6 Å². The van der Waals surface area contributed by atoms with Gasteiger partial charge in [-0.25, -0.2) is 0 Å². The molecule has 0 aromatic rings. The highest BCUT2D eigenvalue weighted by molar-refractivity contribution is 5.71. The van der Waals surface area contributed by atoms with Gasteiger partial charge in [-0.3, -0.25) is 14.4 Å². The molecule has 1 atom stereocenters. The Labute approximate surface area is 381 Å². The van der Waals surface area contributed by atoms with E-state index in [1.54, 1.807) is 0 Å². The van der Waals surface area contributed by atoms with E-state index in [2.05, 4.69) is 93.7 Å². The van der Waals surface area contributed by atoms with E-state index in [1.165, 1.54) is 64.2 Å². The molecule has 0 aliphatic carbocycles. The summed E-state index contributed by atoms with van der Waals surface area (Å²) in [5.41, 5.74) is 0. The third-order valence-corrected chi connectivity index (χ3v) is 10.5. The summed E-state index contributed by atoms with van der Waals surface area (Å²) in [6, 6.07) is 0. The van der Waals surface area contributed by atoms with Crippen molar-refractivity contribution in [3.8, 4) is 0 Å². The molecule has 6 heteroatoms. The zero-order valence-corrected chi connectivity index (χ0v) is 40.1. The van der Waals surface area contributed by atoms with Crippen molar-refractivity contribution >= 4 is 17.9 Å². The maximum absolute atomic E-state index is 12.8. The molecular formula is C56H92O6. The van der Waals surface area contributed by atoms with Crippen LogP contribution in [0.5, 0.6) is 0 Å². The molecule has 0 aromatic heterocycles. The fourth-order valence-corrected chi connectivity index (χ4v) is 6.68. The molecule has 0 aliphatic rings. The van der Waals surface area contributed by atoms with Crippen molar-refractivity contribution in [2.75, 3.05) is 13.2 Å². The molecule has 0 radical (unpaired) electrons. The Kier molecular flexibility index (Phi) is 47.0. The lowest BCUT2D eigenvalue weighted by Gasteiger charge is -2.18. The topological polar surface area (TPSA) is 78.9 Å². The molecule has 1 unspecified atom stereocenters. The summed E-state index contributed by atoms with van der Waals surface area (Å²) >= 11 is 0. The van der Waals surface area contributed by atoms with E-state index in [4.69, 9.17) is 14.2 Å². The van der Waals surface area contributed by atoms with Gasteiger partial charge in [-0.05, 0) is 83.5 Å². The number of hydrogen-bond acceptors (Lipinski definition) is 6. The predicted molar refractivity (Wildman–Crippen MR) is 265 cm³/mol. The second-order valence-electron chi connectivity index (χ2n) is 16.5. The van der Waals surface area contributed by atoms with E-state index in [9.17, 15) is 14.4 Å². The van der Waals surface area contributed by atoms with Crippen LogP contribution < -0.4 is 0 Å². The Morgan fingerprint density at radius 3 is 1.03 bits per heavy atom. The van der Waals surface area contributed by atoms with E-state index in [0.717, 1.165) is 116 Å². The van der Waals surface area contributed by atoms with Crippen molar-refractivity contribution in [2.24, 2.45) is 0 Å². The molecule has 0 saturated carbocycles. The molecule has 0 rings (SSSR count). The number of ether oxygens (including phenoxy) is 3. The van der Waals surface area contributed by atoms with E-state index in [0.29, 0.717) is 19.3 Å². The summed E-state index contributed by atoms with van der Waals surface area (Å²) in [4.78, 5) is 37.9. The van der Waals surface area contributed by atoms with Crippen LogP contribution in [-0.4, -0.2) is 37.2 Å². The number of carbonyl (C=O) groups excluding carboxylic acids is 3. The molecule has 0 fully saturated rings. The van der Waals surface area contributed by atoms with Gasteiger partial charge < -0.3 is 14.2 Å². The number of carbonyl (C=O) groups is 3. The first kappa shape index (κ1) is 58.3. The number of allylic oxidation sites excluding steroid dienone is 16. The molecule has 0 N–H and O–H groups in total. The normalized spacial score (nSPS) is 12.9. The Balaban J connectivity index is 4.47. The monoisotopic (exact) mass is 861 g/mol. The van der Waals surface area contributed by atoms with E-state index in [-0.39, 0.29) is 31.1 Å². The highest BCUT2D eigenvalue weighted by atomic mass is 16.6. The van der Waals surface area contributed by atoms with Crippen molar-refractivity contribution < 1.29 is 28.6 Å². The lowest BCUT2D eigenvalue weighted by atomic mass is 10.1. The van der Waals surface area contributed by atoms with Crippen LogP contribution in [0.25, 0.3) is 0 Å². The van der Waals surface area contributed by atoms with Gasteiger partial charge >= 0.3 is 17.9 Å². The first-order chi connectivity index (χ1) is 30.5. The number of unbranched alkanes of at least 4 members (excludes halogenated alkanes) is 22. The summed E-state index contributed by atoms with van der Waals surface area (Å²) in [6.45, 7) is 6.31. The third-order valence-electron chi connectivity index (χ3n) is 10.5. The SMILES string of the molecule is CC/C=C/C=C/C=C/C=C/CCCCCCCC(=O)OC(COC(=O)CCCCCCC/C=C/C=C/C=C/CC)COC(=O)CCCCCCC/C=C/CCCCCCCCC. The zero-order chi connectivity index (χ0) is 45.1. The standard InChI is InChI=1S/C56H92O6/c1-4-7-10-13-16-19-22-25-27-29-31-34-37-40-43-46-49-55(58)61-52-53(51-60-54(57)48-45-42-39-36-33-30-24-21-18-15-12-9-6-3)62-56(59)50-47-44-41-38-35-32-28-26-23-20-17-14-11-8-5-2/h8-9,11-12,14-15,17-18,20-21,23-24,26-29,53H,4-7,10,13,16,19,22,25,30-52H2,1-3H3/b11-8+,12-9+,17-14+,18-15+,23-20+,24-21+,28-26+,29-27+. The minimum Gasteiger partial charge on any atom is -0.462 e. The molecule has 0 bridgehead atoms. The smallest absolute Gasteiger partial charge is 0.306 e. The Morgan fingerprint density at radius 2 is 0.645 bits per heavy atom. The van der Waals surface area contributed by atoms with E-state index in [1.807, 2.05) is 24.3 Å². The summed E-state index contributed by atoms with van der Waals surface area (Å²) in [5, 5.41) is 0. The lowest BCUT2D eigenvalue weighted by Crippen LogP contribution is -2.30. The molecule has 0 heterocycles. The largest absolute Gasteiger partial charge is 0.462 e. The molecule has 0 spiro atoms. The third kappa shape index (κ3) is 47.4. The predicted octanol–water partition coefficient (Wildman–Crippen LogP) is 16.6. The highest BCUT2D eigenvalue weighted by Crippen LogP contribution is 2.14. The first-order valence-corrected chi connectivity index (χ1v) is 25.3. The Morgan fingerprint density at radius 1 is 0.339 bits per heavy atom. The Hall–Kier alpha value is -3.67. The van der Waals surface area contributed by atoms with Gasteiger partial charge in [0.25, 0.3) is 0 Å². The van der Waals surface area contributed by atoms with Gasteiger partial charge in [0.05, 0.1) is 0 Å². The zero-order valence-electron chi connectivity index (χ0n) is 40.1. The number of esters is 3. The molecular weight excluding hydrogens is 769 g/mol. The van der Waals surface area contributed by atoms with Gasteiger partial charge in [-0.1, -0.05) is 214 Å². The van der Waals surface area contributed by atoms with E-state index >= 15 is 0 Å². The van der Waals surface area contributed by atoms with Gasteiger partial charge in [0.15, 0.2) is 6.10 Å². The average Bonchev–Trinajstić information content (AvgIpc) is 3.27. The molecule has 6 nitrogen and oxygen atoms in total. The fraction of sp³-hybridized carbons (Fsp3) is 0.661. The van der Waals surface area contributed by atoms with Crippen molar-refractivity contribution in [3.05, 3.63) is 97.2 Å².